The first kappa shape index (κ1) is 15.8. The lowest BCUT2D eigenvalue weighted by Gasteiger charge is -2.26. The molecule has 0 unspecified atom stereocenters. The first-order valence-electron chi connectivity index (χ1n) is 7.20. The zero-order valence-electron chi connectivity index (χ0n) is 12.9. The maximum atomic E-state index is 12.2. The minimum atomic E-state index is -0.514. The van der Waals surface area contributed by atoms with Crippen LogP contribution in [0.25, 0.3) is 6.08 Å². The van der Waals surface area contributed by atoms with E-state index in [2.05, 4.69) is 10.6 Å². The van der Waals surface area contributed by atoms with E-state index < -0.39 is 12.0 Å². The normalized spacial score (nSPS) is 18.4. The average Bonchev–Trinajstić information content (AvgIpc) is 2.44. The lowest BCUT2D eigenvalue weighted by Crippen LogP contribution is -2.49. The fourth-order valence-corrected chi connectivity index (χ4v) is 2.19. The Balaban J connectivity index is 2.26. The number of rotatable bonds is 4. The summed E-state index contributed by atoms with van der Waals surface area (Å²) in [4.78, 5) is 23.9. The van der Waals surface area contributed by atoms with Gasteiger partial charge in [-0.05, 0) is 26.3 Å². The molecule has 0 aromatic heterocycles. The first-order valence-corrected chi connectivity index (χ1v) is 7.20. The fraction of sp³-hybridized carbons (Fsp3) is 0.294. The molecular formula is C17H20N2O3. The van der Waals surface area contributed by atoms with Crippen LogP contribution >= 0.6 is 0 Å². The second-order valence-corrected chi connectivity index (χ2v) is 5.34. The molecule has 1 aromatic rings. The van der Waals surface area contributed by atoms with Gasteiger partial charge in [0, 0.05) is 5.70 Å². The lowest BCUT2D eigenvalue weighted by molar-refractivity contribution is -0.143. The van der Waals surface area contributed by atoms with E-state index in [1.807, 2.05) is 36.4 Å². The SMILES string of the molecule is CC1=C(C(=O)OC(C)C)[C@@H](C=Cc2ccccc2)NC(=O)N1. The molecular weight excluding hydrogens is 280 g/mol. The summed E-state index contributed by atoms with van der Waals surface area (Å²) in [5.41, 5.74) is 1.92. The van der Waals surface area contributed by atoms with Gasteiger partial charge in [-0.3, -0.25) is 0 Å². The summed E-state index contributed by atoms with van der Waals surface area (Å²) in [5, 5.41) is 5.33. The van der Waals surface area contributed by atoms with Gasteiger partial charge in [0.05, 0.1) is 17.7 Å². The minimum absolute atomic E-state index is 0.218. The highest BCUT2D eigenvalue weighted by molar-refractivity contribution is 5.95. The summed E-state index contributed by atoms with van der Waals surface area (Å²) in [5.74, 6) is -0.428. The van der Waals surface area contributed by atoms with Gasteiger partial charge < -0.3 is 15.4 Å². The molecule has 1 aliphatic heterocycles. The zero-order valence-corrected chi connectivity index (χ0v) is 12.9. The van der Waals surface area contributed by atoms with Crippen LogP contribution in [-0.2, 0) is 9.53 Å². The maximum absolute atomic E-state index is 12.2. The summed E-state index contributed by atoms with van der Waals surface area (Å²) < 4.78 is 5.26. The molecule has 0 saturated carbocycles. The van der Waals surface area contributed by atoms with Crippen LogP contribution in [0.2, 0.25) is 0 Å². The molecule has 1 aromatic carbocycles. The van der Waals surface area contributed by atoms with E-state index in [4.69, 9.17) is 4.74 Å². The van der Waals surface area contributed by atoms with Crippen molar-refractivity contribution in [3.63, 3.8) is 0 Å². The summed E-state index contributed by atoms with van der Waals surface area (Å²) in [6.45, 7) is 5.27. The fourth-order valence-electron chi connectivity index (χ4n) is 2.19. The van der Waals surface area contributed by atoms with Crippen LogP contribution in [-0.4, -0.2) is 24.1 Å². The Hall–Kier alpha value is -2.56. The van der Waals surface area contributed by atoms with Crippen LogP contribution in [0, 0.1) is 0 Å². The molecule has 0 aliphatic carbocycles. The molecule has 5 heteroatoms. The van der Waals surface area contributed by atoms with Crippen molar-refractivity contribution in [3.05, 3.63) is 53.2 Å². The summed E-state index contributed by atoms with van der Waals surface area (Å²) in [6.07, 6.45) is 3.44. The predicted molar refractivity (Wildman–Crippen MR) is 84.9 cm³/mol. The van der Waals surface area contributed by atoms with Crippen molar-refractivity contribution in [1.29, 1.82) is 0 Å². The molecule has 2 N–H and O–H groups in total. The third-order valence-corrected chi connectivity index (χ3v) is 3.15. The second kappa shape index (κ2) is 6.93. The van der Waals surface area contributed by atoms with E-state index in [-0.39, 0.29) is 12.1 Å². The molecule has 2 rings (SSSR count). The van der Waals surface area contributed by atoms with Gasteiger partial charge >= 0.3 is 12.0 Å². The predicted octanol–water partition coefficient (Wildman–Crippen LogP) is 2.61. The zero-order chi connectivity index (χ0) is 16.1. The third-order valence-electron chi connectivity index (χ3n) is 3.15. The molecule has 0 fully saturated rings. The molecule has 1 heterocycles. The molecule has 2 amide bonds. The van der Waals surface area contributed by atoms with Crippen molar-refractivity contribution in [2.24, 2.45) is 0 Å². The Morgan fingerprint density at radius 2 is 1.95 bits per heavy atom. The van der Waals surface area contributed by atoms with Crippen molar-refractivity contribution in [2.45, 2.75) is 32.9 Å². The number of carbonyl (C=O) groups excluding carboxylic acids is 2. The van der Waals surface area contributed by atoms with E-state index in [1.54, 1.807) is 26.8 Å². The van der Waals surface area contributed by atoms with Crippen molar-refractivity contribution in [1.82, 2.24) is 10.6 Å². The van der Waals surface area contributed by atoms with Crippen LogP contribution in [0.15, 0.2) is 47.7 Å². The molecule has 0 spiro atoms. The average molecular weight is 300 g/mol. The molecule has 22 heavy (non-hydrogen) atoms. The number of allylic oxidation sites excluding steroid dienone is 1. The van der Waals surface area contributed by atoms with Gasteiger partial charge in [-0.1, -0.05) is 42.5 Å². The third kappa shape index (κ3) is 3.97. The molecule has 0 saturated heterocycles. The number of benzene rings is 1. The van der Waals surface area contributed by atoms with Crippen LogP contribution in [0.5, 0.6) is 0 Å². The highest BCUT2D eigenvalue weighted by Gasteiger charge is 2.29. The summed E-state index contributed by atoms with van der Waals surface area (Å²) in [6, 6.07) is 8.83. The molecule has 0 radical (unpaired) electrons. The molecule has 0 bridgehead atoms. The molecule has 116 valence electrons. The van der Waals surface area contributed by atoms with Crippen LogP contribution in [0.4, 0.5) is 4.79 Å². The number of esters is 1. The Morgan fingerprint density at radius 1 is 1.27 bits per heavy atom. The van der Waals surface area contributed by atoms with Crippen LogP contribution < -0.4 is 10.6 Å². The van der Waals surface area contributed by atoms with Gasteiger partial charge in [-0.25, -0.2) is 9.59 Å². The summed E-state index contributed by atoms with van der Waals surface area (Å²) in [7, 11) is 0. The lowest BCUT2D eigenvalue weighted by atomic mass is 10.0. The van der Waals surface area contributed by atoms with Gasteiger partial charge in [0.25, 0.3) is 0 Å². The highest BCUT2D eigenvalue weighted by atomic mass is 16.5. The number of urea groups is 1. The van der Waals surface area contributed by atoms with Crippen molar-refractivity contribution >= 4 is 18.1 Å². The number of carbonyl (C=O) groups is 2. The molecule has 1 aliphatic rings. The van der Waals surface area contributed by atoms with Crippen LogP contribution in [0.3, 0.4) is 0 Å². The molecule has 5 nitrogen and oxygen atoms in total. The maximum Gasteiger partial charge on any atom is 0.338 e. The number of nitrogens with one attached hydrogen (secondary N) is 2. The molecule has 1 atom stereocenters. The smallest absolute Gasteiger partial charge is 0.338 e. The minimum Gasteiger partial charge on any atom is -0.459 e. The van der Waals surface area contributed by atoms with Gasteiger partial charge in [-0.2, -0.15) is 0 Å². The van der Waals surface area contributed by atoms with Crippen LogP contribution in [0.1, 0.15) is 26.3 Å². The number of ether oxygens (including phenoxy) is 1. The van der Waals surface area contributed by atoms with E-state index in [9.17, 15) is 9.59 Å². The Bertz CT molecular complexity index is 618. The monoisotopic (exact) mass is 300 g/mol. The van der Waals surface area contributed by atoms with E-state index in [1.165, 1.54) is 0 Å². The summed E-state index contributed by atoms with van der Waals surface area (Å²) >= 11 is 0. The van der Waals surface area contributed by atoms with E-state index in [0.717, 1.165) is 5.56 Å². The van der Waals surface area contributed by atoms with Gasteiger partial charge in [0.1, 0.15) is 0 Å². The largest absolute Gasteiger partial charge is 0.459 e. The Kier molecular flexibility index (Phi) is 4.99. The standard InChI is InChI=1S/C17H20N2O3/c1-11(2)22-16(20)15-12(3)18-17(21)19-14(15)10-9-13-7-5-4-6-8-13/h4-11,14H,1-3H3,(H2,18,19,21)/t14-/m1/s1. The van der Waals surface area contributed by atoms with Gasteiger partial charge in [0.15, 0.2) is 0 Å². The van der Waals surface area contributed by atoms with Crippen molar-refractivity contribution in [2.75, 3.05) is 0 Å². The second-order valence-electron chi connectivity index (χ2n) is 5.34. The topological polar surface area (TPSA) is 67.4 Å². The quantitative estimate of drug-likeness (QED) is 0.840. The van der Waals surface area contributed by atoms with Gasteiger partial charge in [-0.15, -0.1) is 0 Å². The van der Waals surface area contributed by atoms with Gasteiger partial charge in [0.2, 0.25) is 0 Å². The van der Waals surface area contributed by atoms with E-state index >= 15 is 0 Å². The highest BCUT2D eigenvalue weighted by Crippen LogP contribution is 2.17. The number of amides is 2. The van der Waals surface area contributed by atoms with Crippen molar-refractivity contribution in [3.8, 4) is 0 Å². The number of hydrogen-bond acceptors (Lipinski definition) is 3. The van der Waals surface area contributed by atoms with E-state index in [0.29, 0.717) is 11.3 Å². The number of hydrogen-bond donors (Lipinski definition) is 2. The van der Waals surface area contributed by atoms with Crippen molar-refractivity contribution < 1.29 is 14.3 Å². The first-order chi connectivity index (χ1) is 10.5. The Morgan fingerprint density at radius 3 is 2.59 bits per heavy atom. The Labute approximate surface area is 130 Å².